The number of ether oxygens (including phenoxy) is 2. The predicted octanol–water partition coefficient (Wildman–Crippen LogP) is 0.660. The van der Waals surface area contributed by atoms with Gasteiger partial charge in [0.05, 0.1) is 12.2 Å². The first kappa shape index (κ1) is 11.6. The third-order valence-corrected chi connectivity index (χ3v) is 3.72. The molecule has 4 heterocycles. The summed E-state index contributed by atoms with van der Waals surface area (Å²) >= 11 is 0. The monoisotopic (exact) mass is 271 g/mol. The maximum atomic E-state index is 5.68. The second-order valence-electron chi connectivity index (χ2n) is 5.08. The maximum absolute atomic E-state index is 5.68. The van der Waals surface area contributed by atoms with Gasteiger partial charge in [-0.05, 0) is 17.8 Å². The number of nitrogens with zero attached hydrogens (tertiary/aromatic N) is 4. The third kappa shape index (κ3) is 1.97. The van der Waals surface area contributed by atoms with Crippen molar-refractivity contribution in [3.63, 3.8) is 0 Å². The van der Waals surface area contributed by atoms with Crippen molar-refractivity contribution >= 4 is 0 Å². The highest BCUT2D eigenvalue weighted by atomic mass is 16.5. The Morgan fingerprint density at radius 1 is 1.10 bits per heavy atom. The molecule has 102 valence electrons. The molecule has 0 N–H and O–H groups in total. The molecule has 2 aliphatic rings. The van der Waals surface area contributed by atoms with Crippen LogP contribution in [0.1, 0.15) is 23.7 Å². The maximum Gasteiger partial charge on any atom is 0.334 e. The smallest absolute Gasteiger partial charge is 0.334 e. The van der Waals surface area contributed by atoms with Crippen molar-refractivity contribution in [2.24, 2.45) is 0 Å². The van der Waals surface area contributed by atoms with E-state index in [4.69, 9.17) is 9.47 Å². The SMILES string of the molecule is c1cnc2c(n1)CC([n+]1cnc3c(c1)CCCO3)CO2. The standard InChI is InChI=1S/C14H15N4O2/c1-2-10-7-18(9-17-13(10)19-5-1)11-6-12-14(20-8-11)16-4-3-15-12/h3-4,7,9,11H,1-2,5-6,8H2/q+1. The topological polar surface area (TPSA) is 61.0 Å². The largest absolute Gasteiger partial charge is 0.472 e. The van der Waals surface area contributed by atoms with Crippen LogP contribution in [0.5, 0.6) is 11.8 Å². The molecule has 0 saturated carbocycles. The zero-order valence-electron chi connectivity index (χ0n) is 11.0. The van der Waals surface area contributed by atoms with Crippen LogP contribution in [-0.4, -0.2) is 28.2 Å². The molecular formula is C14H15N4O2+. The lowest BCUT2D eigenvalue weighted by Crippen LogP contribution is -2.46. The molecule has 0 aliphatic carbocycles. The fourth-order valence-electron chi connectivity index (χ4n) is 2.67. The molecule has 0 saturated heterocycles. The van der Waals surface area contributed by atoms with Gasteiger partial charge in [0.2, 0.25) is 5.88 Å². The van der Waals surface area contributed by atoms with Gasteiger partial charge in [0.15, 0.2) is 0 Å². The average molecular weight is 271 g/mol. The van der Waals surface area contributed by atoms with Gasteiger partial charge in [-0.25, -0.2) is 9.55 Å². The molecule has 0 radical (unpaired) electrons. The van der Waals surface area contributed by atoms with Crippen molar-refractivity contribution in [1.82, 2.24) is 15.0 Å². The minimum absolute atomic E-state index is 0.207. The van der Waals surface area contributed by atoms with E-state index in [0.717, 1.165) is 37.4 Å². The molecule has 1 atom stereocenters. The molecule has 2 aromatic rings. The molecule has 20 heavy (non-hydrogen) atoms. The number of hydrogen-bond donors (Lipinski definition) is 0. The Labute approximate surface area is 116 Å². The molecule has 6 nitrogen and oxygen atoms in total. The van der Waals surface area contributed by atoms with Gasteiger partial charge in [0.25, 0.3) is 6.33 Å². The summed E-state index contributed by atoms with van der Waals surface area (Å²) in [5.74, 6) is 1.42. The van der Waals surface area contributed by atoms with E-state index in [0.29, 0.717) is 12.5 Å². The van der Waals surface area contributed by atoms with E-state index in [1.807, 2.05) is 6.33 Å². The van der Waals surface area contributed by atoms with Gasteiger partial charge in [-0.3, -0.25) is 4.98 Å². The van der Waals surface area contributed by atoms with Crippen molar-refractivity contribution < 1.29 is 14.0 Å². The van der Waals surface area contributed by atoms with Crippen LogP contribution in [0.4, 0.5) is 0 Å². The third-order valence-electron chi connectivity index (χ3n) is 3.72. The van der Waals surface area contributed by atoms with Gasteiger partial charge in [-0.2, -0.15) is 0 Å². The molecule has 2 aliphatic heterocycles. The summed E-state index contributed by atoms with van der Waals surface area (Å²) in [7, 11) is 0. The number of fused-ring (bicyclic) bond motifs is 2. The lowest BCUT2D eigenvalue weighted by Gasteiger charge is -2.22. The molecule has 0 spiro atoms. The van der Waals surface area contributed by atoms with E-state index in [2.05, 4.69) is 25.7 Å². The number of aryl methyl sites for hydroxylation is 1. The highest BCUT2D eigenvalue weighted by Crippen LogP contribution is 2.24. The van der Waals surface area contributed by atoms with E-state index in [-0.39, 0.29) is 6.04 Å². The first-order valence-electron chi connectivity index (χ1n) is 6.85. The van der Waals surface area contributed by atoms with Gasteiger partial charge in [-0.1, -0.05) is 0 Å². The number of aromatic nitrogens is 4. The van der Waals surface area contributed by atoms with E-state index < -0.39 is 0 Å². The van der Waals surface area contributed by atoms with E-state index >= 15 is 0 Å². The second-order valence-corrected chi connectivity index (χ2v) is 5.08. The summed E-state index contributed by atoms with van der Waals surface area (Å²) in [6.07, 6.45) is 10.2. The Morgan fingerprint density at radius 3 is 3.05 bits per heavy atom. The van der Waals surface area contributed by atoms with Crippen LogP contribution < -0.4 is 14.0 Å². The van der Waals surface area contributed by atoms with Crippen molar-refractivity contribution in [2.75, 3.05) is 13.2 Å². The zero-order chi connectivity index (χ0) is 13.4. The van der Waals surface area contributed by atoms with Crippen LogP contribution in [0.3, 0.4) is 0 Å². The Bertz CT molecular complexity index is 647. The molecular weight excluding hydrogens is 256 g/mol. The first-order chi connectivity index (χ1) is 9.90. The highest BCUT2D eigenvalue weighted by molar-refractivity contribution is 5.23. The first-order valence-corrected chi connectivity index (χ1v) is 6.85. The van der Waals surface area contributed by atoms with Gasteiger partial charge >= 0.3 is 5.88 Å². The Kier molecular flexibility index (Phi) is 2.72. The van der Waals surface area contributed by atoms with Crippen LogP contribution >= 0.6 is 0 Å². The molecule has 0 bridgehead atoms. The second kappa shape index (κ2) is 4.70. The molecule has 6 heteroatoms. The van der Waals surface area contributed by atoms with Crippen LogP contribution in [0.2, 0.25) is 0 Å². The summed E-state index contributed by atoms with van der Waals surface area (Å²) in [4.78, 5) is 12.9. The molecule has 1 unspecified atom stereocenters. The van der Waals surface area contributed by atoms with E-state index in [1.165, 1.54) is 5.56 Å². The van der Waals surface area contributed by atoms with E-state index in [9.17, 15) is 0 Å². The Morgan fingerprint density at radius 2 is 2.05 bits per heavy atom. The predicted molar refractivity (Wildman–Crippen MR) is 68.5 cm³/mol. The van der Waals surface area contributed by atoms with Crippen molar-refractivity contribution in [1.29, 1.82) is 0 Å². The Hall–Kier alpha value is -2.24. The van der Waals surface area contributed by atoms with Crippen molar-refractivity contribution in [3.8, 4) is 11.8 Å². The van der Waals surface area contributed by atoms with Crippen LogP contribution in [0.15, 0.2) is 24.9 Å². The number of hydrogen-bond acceptors (Lipinski definition) is 5. The zero-order valence-corrected chi connectivity index (χ0v) is 11.0. The Balaban J connectivity index is 1.63. The van der Waals surface area contributed by atoms with Crippen molar-refractivity contribution in [2.45, 2.75) is 25.3 Å². The lowest BCUT2D eigenvalue weighted by atomic mass is 10.1. The minimum atomic E-state index is 0.207. The molecule has 0 aromatic carbocycles. The summed E-state index contributed by atoms with van der Waals surface area (Å²) in [5, 5.41) is 0. The number of rotatable bonds is 1. The van der Waals surface area contributed by atoms with Crippen LogP contribution in [-0.2, 0) is 12.8 Å². The van der Waals surface area contributed by atoms with Gasteiger partial charge in [0, 0.05) is 18.8 Å². The molecule has 0 amide bonds. The van der Waals surface area contributed by atoms with Crippen molar-refractivity contribution in [3.05, 3.63) is 36.2 Å². The molecule has 4 rings (SSSR count). The lowest BCUT2D eigenvalue weighted by molar-refractivity contribution is -0.727. The van der Waals surface area contributed by atoms with Crippen LogP contribution in [0, 0.1) is 0 Å². The summed E-state index contributed by atoms with van der Waals surface area (Å²) < 4.78 is 13.3. The molecule has 0 fully saturated rings. The summed E-state index contributed by atoms with van der Waals surface area (Å²) in [5.41, 5.74) is 2.08. The quantitative estimate of drug-likeness (QED) is 0.713. The minimum Gasteiger partial charge on any atom is -0.472 e. The van der Waals surface area contributed by atoms with Gasteiger partial charge in [0.1, 0.15) is 24.5 Å². The fourth-order valence-corrected chi connectivity index (χ4v) is 2.67. The summed E-state index contributed by atoms with van der Waals surface area (Å²) in [6.45, 7) is 1.36. The molecule has 2 aromatic heterocycles. The van der Waals surface area contributed by atoms with Crippen LogP contribution in [0.25, 0.3) is 0 Å². The van der Waals surface area contributed by atoms with E-state index in [1.54, 1.807) is 12.4 Å². The normalized spacial score (nSPS) is 20.3. The summed E-state index contributed by atoms with van der Waals surface area (Å²) in [6, 6.07) is 0.207. The van der Waals surface area contributed by atoms with Gasteiger partial charge < -0.3 is 9.47 Å². The van der Waals surface area contributed by atoms with Gasteiger partial charge in [-0.15, -0.1) is 0 Å². The highest BCUT2D eigenvalue weighted by Gasteiger charge is 2.28. The fraction of sp³-hybridized carbons (Fsp3) is 0.429. The average Bonchev–Trinajstić information content (AvgIpc) is 2.54.